The number of hydrogen-bond acceptors (Lipinski definition) is 5. The number of β-amino-alcohol motifs (C(OH)–C–C–N with tert-alkyl or cyclic N) is 1. The van der Waals surface area contributed by atoms with E-state index in [4.69, 9.17) is 0 Å². The highest BCUT2D eigenvalue weighted by Gasteiger charge is 2.36. The molecule has 5 rings (SSSR count). The lowest BCUT2D eigenvalue weighted by Gasteiger charge is -2.19. The summed E-state index contributed by atoms with van der Waals surface area (Å²) in [7, 11) is 0. The number of hydrogen-bond donors (Lipinski definition) is 1. The van der Waals surface area contributed by atoms with Crippen molar-refractivity contribution in [3.05, 3.63) is 99.8 Å². The number of amides is 2. The Bertz CT molecular complexity index is 1420. The molecule has 0 spiro atoms. The quantitative estimate of drug-likeness (QED) is 0.483. The number of rotatable bonds is 5. The second-order valence-electron chi connectivity index (χ2n) is 8.17. The molecule has 1 aliphatic rings. The molecule has 0 unspecified atom stereocenters. The minimum absolute atomic E-state index is 0.157. The molecule has 7 nitrogen and oxygen atoms in total. The standard InChI is InChI=1S/C26H21N3O4/c1-16-10-12-17(13-11-16)23-19-6-2-3-7-20(19)26(33)29(27-23)15-18(30)14-28-24(31)21-8-4-5-9-22(21)25(28)32/h2-13,18,30H,14-15H2,1H3/t18-/m0/s1. The summed E-state index contributed by atoms with van der Waals surface area (Å²) in [6.45, 7) is 1.61. The normalized spacial score (nSPS) is 14.1. The van der Waals surface area contributed by atoms with E-state index in [0.717, 1.165) is 21.4 Å². The van der Waals surface area contributed by atoms with E-state index in [0.29, 0.717) is 22.2 Å². The van der Waals surface area contributed by atoms with Crippen molar-refractivity contribution in [2.75, 3.05) is 6.54 Å². The molecule has 0 aliphatic carbocycles. The van der Waals surface area contributed by atoms with Crippen LogP contribution in [0, 0.1) is 6.92 Å². The molecule has 4 aromatic rings. The van der Waals surface area contributed by atoms with Gasteiger partial charge >= 0.3 is 0 Å². The predicted molar refractivity (Wildman–Crippen MR) is 124 cm³/mol. The van der Waals surface area contributed by atoms with Gasteiger partial charge < -0.3 is 5.11 Å². The van der Waals surface area contributed by atoms with Crippen molar-refractivity contribution in [1.29, 1.82) is 0 Å². The average molecular weight is 439 g/mol. The highest BCUT2D eigenvalue weighted by atomic mass is 16.3. The maximum Gasteiger partial charge on any atom is 0.274 e. The van der Waals surface area contributed by atoms with Gasteiger partial charge in [0.05, 0.1) is 41.4 Å². The molecule has 0 saturated heterocycles. The Kier molecular flexibility index (Phi) is 5.11. The zero-order valence-electron chi connectivity index (χ0n) is 17.9. The summed E-state index contributed by atoms with van der Waals surface area (Å²) in [4.78, 5) is 39.3. The maximum absolute atomic E-state index is 13.1. The van der Waals surface area contributed by atoms with Crippen molar-refractivity contribution in [2.45, 2.75) is 19.6 Å². The molecular formula is C26H21N3O4. The lowest BCUT2D eigenvalue weighted by atomic mass is 10.0. The molecule has 2 amide bonds. The molecule has 0 bridgehead atoms. The number of aliphatic hydroxyl groups excluding tert-OH is 1. The van der Waals surface area contributed by atoms with E-state index in [1.807, 2.05) is 43.3 Å². The number of aliphatic hydroxyl groups is 1. The Morgan fingerprint density at radius 2 is 1.36 bits per heavy atom. The van der Waals surface area contributed by atoms with Crippen LogP contribution in [0.15, 0.2) is 77.6 Å². The summed E-state index contributed by atoms with van der Waals surface area (Å²) in [5.41, 5.74) is 2.86. The van der Waals surface area contributed by atoms with Gasteiger partial charge in [-0.15, -0.1) is 0 Å². The lowest BCUT2D eigenvalue weighted by Crippen LogP contribution is -2.40. The Morgan fingerprint density at radius 1 is 0.788 bits per heavy atom. The van der Waals surface area contributed by atoms with Crippen molar-refractivity contribution in [3.8, 4) is 11.3 Å². The first-order valence-electron chi connectivity index (χ1n) is 10.6. The molecule has 164 valence electrons. The summed E-state index contributed by atoms with van der Waals surface area (Å²) in [5, 5.41) is 16.5. The number of carbonyl (C=O) groups excluding carboxylic acids is 2. The third-order valence-corrected chi connectivity index (χ3v) is 5.85. The molecule has 0 radical (unpaired) electrons. The Hall–Kier alpha value is -4.10. The van der Waals surface area contributed by atoms with Crippen LogP contribution in [0.5, 0.6) is 0 Å². The fourth-order valence-corrected chi connectivity index (χ4v) is 4.16. The number of carbonyl (C=O) groups is 2. The second-order valence-corrected chi connectivity index (χ2v) is 8.17. The van der Waals surface area contributed by atoms with Crippen LogP contribution in [-0.4, -0.2) is 44.3 Å². The monoisotopic (exact) mass is 439 g/mol. The number of aryl methyl sites for hydroxylation is 1. The summed E-state index contributed by atoms with van der Waals surface area (Å²) >= 11 is 0. The van der Waals surface area contributed by atoms with Gasteiger partial charge in [-0.25, -0.2) is 4.68 Å². The molecule has 2 heterocycles. The van der Waals surface area contributed by atoms with Gasteiger partial charge in [-0.3, -0.25) is 19.3 Å². The third kappa shape index (κ3) is 3.62. The molecular weight excluding hydrogens is 418 g/mol. The van der Waals surface area contributed by atoms with Crippen molar-refractivity contribution < 1.29 is 14.7 Å². The van der Waals surface area contributed by atoms with Gasteiger partial charge in [-0.2, -0.15) is 5.10 Å². The van der Waals surface area contributed by atoms with Gasteiger partial charge in [0.2, 0.25) is 0 Å². The van der Waals surface area contributed by atoms with Crippen molar-refractivity contribution in [2.24, 2.45) is 0 Å². The van der Waals surface area contributed by atoms with E-state index in [1.165, 1.54) is 4.68 Å². The van der Waals surface area contributed by atoms with Gasteiger partial charge in [-0.05, 0) is 25.1 Å². The van der Waals surface area contributed by atoms with Crippen molar-refractivity contribution in [3.63, 3.8) is 0 Å². The molecule has 1 aromatic heterocycles. The molecule has 0 saturated carbocycles. The van der Waals surface area contributed by atoms with E-state index in [2.05, 4.69) is 5.10 Å². The van der Waals surface area contributed by atoms with Gasteiger partial charge in [0.15, 0.2) is 0 Å². The average Bonchev–Trinajstić information content (AvgIpc) is 3.06. The highest BCUT2D eigenvalue weighted by Crippen LogP contribution is 2.25. The highest BCUT2D eigenvalue weighted by molar-refractivity contribution is 6.21. The molecule has 1 N–H and O–H groups in total. The number of fused-ring (bicyclic) bond motifs is 2. The van der Waals surface area contributed by atoms with E-state index >= 15 is 0 Å². The first kappa shape index (κ1) is 20.8. The van der Waals surface area contributed by atoms with Crippen LogP contribution in [0.3, 0.4) is 0 Å². The number of aromatic nitrogens is 2. The largest absolute Gasteiger partial charge is 0.389 e. The van der Waals surface area contributed by atoms with Crippen LogP contribution in [0.1, 0.15) is 26.3 Å². The van der Waals surface area contributed by atoms with Crippen molar-refractivity contribution >= 4 is 22.6 Å². The second kappa shape index (κ2) is 8.11. The van der Waals surface area contributed by atoms with Gasteiger partial charge in [0.25, 0.3) is 17.4 Å². The summed E-state index contributed by atoms with van der Waals surface area (Å²) in [6.07, 6.45) is -1.16. The van der Waals surface area contributed by atoms with Crippen LogP contribution in [-0.2, 0) is 6.54 Å². The van der Waals surface area contributed by atoms with Crippen LogP contribution < -0.4 is 5.56 Å². The first-order chi connectivity index (χ1) is 15.9. The van der Waals surface area contributed by atoms with Crippen LogP contribution in [0.25, 0.3) is 22.0 Å². The Balaban J connectivity index is 1.47. The zero-order valence-corrected chi connectivity index (χ0v) is 17.9. The van der Waals surface area contributed by atoms with Crippen molar-refractivity contribution in [1.82, 2.24) is 14.7 Å². The SMILES string of the molecule is Cc1ccc(-c2nn(C[C@@H](O)CN3C(=O)c4ccccc4C3=O)c(=O)c3ccccc23)cc1. The first-order valence-corrected chi connectivity index (χ1v) is 10.6. The smallest absolute Gasteiger partial charge is 0.274 e. The minimum Gasteiger partial charge on any atom is -0.389 e. The lowest BCUT2D eigenvalue weighted by molar-refractivity contribution is 0.0513. The van der Waals surface area contributed by atoms with E-state index < -0.39 is 17.9 Å². The predicted octanol–water partition coefficient (Wildman–Crippen LogP) is 3.03. The number of benzene rings is 3. The minimum atomic E-state index is -1.16. The number of nitrogens with zero attached hydrogens (tertiary/aromatic N) is 3. The van der Waals surface area contributed by atoms with Gasteiger partial charge in [-0.1, -0.05) is 60.2 Å². The van der Waals surface area contributed by atoms with E-state index in [9.17, 15) is 19.5 Å². The molecule has 1 aliphatic heterocycles. The van der Waals surface area contributed by atoms with Crippen LogP contribution in [0.2, 0.25) is 0 Å². The zero-order chi connectivity index (χ0) is 23.1. The Labute approximate surface area is 189 Å². The topological polar surface area (TPSA) is 92.5 Å². The Morgan fingerprint density at radius 3 is 2.00 bits per heavy atom. The van der Waals surface area contributed by atoms with Crippen LogP contribution in [0.4, 0.5) is 0 Å². The van der Waals surface area contributed by atoms with Gasteiger partial charge in [0, 0.05) is 10.9 Å². The molecule has 33 heavy (non-hydrogen) atoms. The molecule has 1 atom stereocenters. The third-order valence-electron chi connectivity index (χ3n) is 5.85. The van der Waals surface area contributed by atoms with E-state index in [-0.39, 0.29) is 18.6 Å². The fourth-order valence-electron chi connectivity index (χ4n) is 4.16. The summed E-state index contributed by atoms with van der Waals surface area (Å²) < 4.78 is 1.21. The maximum atomic E-state index is 13.1. The van der Waals surface area contributed by atoms with Gasteiger partial charge in [0.1, 0.15) is 0 Å². The molecule has 0 fully saturated rings. The summed E-state index contributed by atoms with van der Waals surface area (Å²) in [6, 6.07) is 21.6. The van der Waals surface area contributed by atoms with E-state index in [1.54, 1.807) is 36.4 Å². The molecule has 3 aromatic carbocycles. The fraction of sp³-hybridized carbons (Fsp3) is 0.154. The molecule has 7 heteroatoms. The van der Waals surface area contributed by atoms with Crippen LogP contribution >= 0.6 is 0 Å². The summed E-state index contributed by atoms with van der Waals surface area (Å²) in [5.74, 6) is -0.900. The number of imide groups is 1.